The van der Waals surface area contributed by atoms with Gasteiger partial charge >= 0.3 is 0 Å². The Kier molecular flexibility index (Phi) is 7.89. The molecule has 0 atom stereocenters. The van der Waals surface area contributed by atoms with E-state index in [-0.39, 0.29) is 0 Å². The summed E-state index contributed by atoms with van der Waals surface area (Å²) in [6.45, 7) is 0. The summed E-state index contributed by atoms with van der Waals surface area (Å²) < 4.78 is 2.41. The van der Waals surface area contributed by atoms with Crippen LogP contribution in [-0.2, 0) is 0 Å². The lowest BCUT2D eigenvalue weighted by Crippen LogP contribution is -2.09. The highest BCUT2D eigenvalue weighted by atomic mass is 15.1. The maximum atomic E-state index is 2.41. The molecule has 1 aromatic heterocycles. The van der Waals surface area contributed by atoms with Crippen LogP contribution in [0, 0.1) is 0 Å². The lowest BCUT2D eigenvalue weighted by molar-refractivity contribution is 1.18. The Bertz CT molecular complexity index is 3410. The highest BCUT2D eigenvalue weighted by Crippen LogP contribution is 2.44. The van der Waals surface area contributed by atoms with Gasteiger partial charge in [0.2, 0.25) is 0 Å². The van der Waals surface area contributed by atoms with Gasteiger partial charge in [0, 0.05) is 33.5 Å². The van der Waals surface area contributed by atoms with Crippen molar-refractivity contribution in [3.05, 3.63) is 231 Å². The minimum absolute atomic E-state index is 1.11. The van der Waals surface area contributed by atoms with E-state index < -0.39 is 0 Å². The molecule has 0 aliphatic carbocycles. The second-order valence-corrected chi connectivity index (χ2v) is 15.7. The Morgan fingerprint density at radius 3 is 1.43 bits per heavy atom. The van der Waals surface area contributed by atoms with Crippen molar-refractivity contribution in [1.82, 2.24) is 4.57 Å². The molecule has 0 saturated heterocycles. The van der Waals surface area contributed by atoms with Crippen LogP contribution < -0.4 is 4.90 Å². The summed E-state index contributed by atoms with van der Waals surface area (Å²) in [6.07, 6.45) is 0. The molecule has 0 N–H and O–H groups in total. The van der Waals surface area contributed by atoms with E-state index in [4.69, 9.17) is 0 Å². The Balaban J connectivity index is 0.949. The van der Waals surface area contributed by atoms with Crippen LogP contribution in [0.25, 0.3) is 93.2 Å². The second kappa shape index (κ2) is 13.9. The van der Waals surface area contributed by atoms with Gasteiger partial charge in [-0.1, -0.05) is 164 Å². The number of nitrogens with zero attached hydrogens (tertiary/aromatic N) is 2. The first kappa shape index (κ1) is 34.1. The Hall–Kier alpha value is -7.94. The Morgan fingerprint density at radius 2 is 0.783 bits per heavy atom. The highest BCUT2D eigenvalue weighted by molar-refractivity contribution is 6.26. The molecule has 0 bridgehead atoms. The molecule has 60 heavy (non-hydrogen) atoms. The van der Waals surface area contributed by atoms with Gasteiger partial charge in [-0.25, -0.2) is 0 Å². The molecule has 12 rings (SSSR count). The van der Waals surface area contributed by atoms with Crippen molar-refractivity contribution in [3.63, 3.8) is 0 Å². The zero-order chi connectivity index (χ0) is 39.6. The number of benzene rings is 11. The van der Waals surface area contributed by atoms with Crippen LogP contribution in [0.15, 0.2) is 231 Å². The van der Waals surface area contributed by atoms with Crippen LogP contribution in [0.1, 0.15) is 0 Å². The molecule has 12 aromatic rings. The number of hydrogen-bond donors (Lipinski definition) is 0. The number of fused-ring (bicyclic) bond motifs is 3. The molecule has 0 radical (unpaired) electrons. The molecular formula is C58H38N2. The fourth-order valence-corrected chi connectivity index (χ4v) is 9.47. The van der Waals surface area contributed by atoms with Crippen molar-refractivity contribution in [1.29, 1.82) is 0 Å². The van der Waals surface area contributed by atoms with E-state index in [0.717, 1.165) is 17.1 Å². The molecule has 0 aliphatic heterocycles. The standard InChI is InChI=1S/C58H38N2/c1-4-11-39(12-5-1)41-21-27-48(28-22-41)59(49-29-23-42(24-30-49)40-13-6-2-7-14-40)50-31-34-52-46(38-50)20-19-44-37-45(26-32-51(44)52)53-35-36-56-58-54(53)33-25-43-15-10-18-55(57(43)58)60(56)47-16-8-3-9-17-47/h1-38H. The largest absolute Gasteiger partial charge is 0.310 e. The number of para-hydroxylation sites is 1. The zero-order valence-electron chi connectivity index (χ0n) is 32.8. The molecular weight excluding hydrogens is 725 g/mol. The first-order chi connectivity index (χ1) is 29.7. The van der Waals surface area contributed by atoms with Gasteiger partial charge in [0.05, 0.1) is 11.0 Å². The molecule has 2 heteroatoms. The highest BCUT2D eigenvalue weighted by Gasteiger charge is 2.20. The fraction of sp³-hybridized carbons (Fsp3) is 0. The Labute approximate surface area is 348 Å². The summed E-state index contributed by atoms with van der Waals surface area (Å²) in [5, 5.41) is 10.1. The topological polar surface area (TPSA) is 8.17 Å². The molecule has 11 aromatic carbocycles. The van der Waals surface area contributed by atoms with Crippen molar-refractivity contribution >= 4 is 71.2 Å². The molecule has 0 spiro atoms. The van der Waals surface area contributed by atoms with Crippen LogP contribution in [0.4, 0.5) is 17.1 Å². The smallest absolute Gasteiger partial charge is 0.0547 e. The SMILES string of the molecule is c1ccc(-c2ccc(N(c3ccc(-c4ccccc4)cc3)c3ccc4c(ccc5cc(-c6ccc7c8c6ccc6cccc(c68)n7-c6ccccc6)ccc54)c3)cc2)cc1. The van der Waals surface area contributed by atoms with Gasteiger partial charge in [-0.05, 0) is 132 Å². The average molecular weight is 763 g/mol. The van der Waals surface area contributed by atoms with E-state index in [9.17, 15) is 0 Å². The van der Waals surface area contributed by atoms with Gasteiger partial charge in [-0.2, -0.15) is 0 Å². The lowest BCUT2D eigenvalue weighted by Gasteiger charge is -2.26. The van der Waals surface area contributed by atoms with Gasteiger partial charge in [0.1, 0.15) is 0 Å². The van der Waals surface area contributed by atoms with Gasteiger partial charge in [-0.3, -0.25) is 0 Å². The van der Waals surface area contributed by atoms with E-state index in [0.29, 0.717) is 0 Å². The second-order valence-electron chi connectivity index (χ2n) is 15.7. The molecule has 0 aliphatic rings. The molecule has 0 amide bonds. The normalized spacial score (nSPS) is 11.7. The minimum atomic E-state index is 1.11. The van der Waals surface area contributed by atoms with Gasteiger partial charge in [0.25, 0.3) is 0 Å². The minimum Gasteiger partial charge on any atom is -0.310 e. The lowest BCUT2D eigenvalue weighted by atomic mass is 9.92. The van der Waals surface area contributed by atoms with Crippen molar-refractivity contribution in [2.75, 3.05) is 4.90 Å². The van der Waals surface area contributed by atoms with E-state index in [2.05, 4.69) is 240 Å². The van der Waals surface area contributed by atoms with Crippen molar-refractivity contribution in [2.24, 2.45) is 0 Å². The summed E-state index contributed by atoms with van der Waals surface area (Å²) in [6, 6.07) is 84.1. The molecule has 280 valence electrons. The third-order valence-corrected chi connectivity index (χ3v) is 12.3. The third kappa shape index (κ3) is 5.57. The first-order valence-electron chi connectivity index (χ1n) is 20.7. The maximum absolute atomic E-state index is 2.41. The van der Waals surface area contributed by atoms with Crippen LogP contribution in [0.5, 0.6) is 0 Å². The summed E-state index contributed by atoms with van der Waals surface area (Å²) in [5.74, 6) is 0. The number of rotatable bonds is 7. The predicted molar refractivity (Wildman–Crippen MR) is 255 cm³/mol. The first-order valence-corrected chi connectivity index (χ1v) is 20.7. The van der Waals surface area contributed by atoms with E-state index in [1.54, 1.807) is 0 Å². The van der Waals surface area contributed by atoms with Gasteiger partial charge < -0.3 is 9.47 Å². The van der Waals surface area contributed by atoms with Crippen LogP contribution in [-0.4, -0.2) is 4.57 Å². The summed E-state index contributed by atoms with van der Waals surface area (Å²) in [7, 11) is 0. The number of hydrogen-bond acceptors (Lipinski definition) is 1. The summed E-state index contributed by atoms with van der Waals surface area (Å²) in [4.78, 5) is 2.37. The van der Waals surface area contributed by atoms with Crippen LogP contribution in [0.2, 0.25) is 0 Å². The quantitative estimate of drug-likeness (QED) is 0.147. The summed E-state index contributed by atoms with van der Waals surface area (Å²) >= 11 is 0. The van der Waals surface area contributed by atoms with Crippen molar-refractivity contribution in [3.8, 4) is 39.1 Å². The van der Waals surface area contributed by atoms with E-state index in [1.807, 2.05) is 0 Å². The molecule has 2 nitrogen and oxygen atoms in total. The number of anilines is 3. The summed E-state index contributed by atoms with van der Waals surface area (Å²) in [5.41, 5.74) is 14.3. The van der Waals surface area contributed by atoms with Gasteiger partial charge in [-0.15, -0.1) is 0 Å². The zero-order valence-corrected chi connectivity index (χ0v) is 32.8. The maximum Gasteiger partial charge on any atom is 0.0547 e. The van der Waals surface area contributed by atoms with Crippen molar-refractivity contribution < 1.29 is 0 Å². The van der Waals surface area contributed by atoms with Crippen LogP contribution >= 0.6 is 0 Å². The Morgan fingerprint density at radius 1 is 0.283 bits per heavy atom. The average Bonchev–Trinajstić information content (AvgIpc) is 3.67. The predicted octanol–water partition coefficient (Wildman–Crippen LogP) is 16.2. The third-order valence-electron chi connectivity index (χ3n) is 12.3. The monoisotopic (exact) mass is 762 g/mol. The van der Waals surface area contributed by atoms with Crippen molar-refractivity contribution in [2.45, 2.75) is 0 Å². The molecule has 0 fully saturated rings. The molecule has 0 unspecified atom stereocenters. The van der Waals surface area contributed by atoms with E-state index >= 15 is 0 Å². The van der Waals surface area contributed by atoms with Gasteiger partial charge in [0.15, 0.2) is 0 Å². The van der Waals surface area contributed by atoms with Crippen LogP contribution in [0.3, 0.4) is 0 Å². The molecule has 0 saturated carbocycles. The number of aromatic nitrogens is 1. The molecule has 1 heterocycles. The fourth-order valence-electron chi connectivity index (χ4n) is 9.47. The van der Waals surface area contributed by atoms with E-state index in [1.165, 1.54) is 93.2 Å².